The van der Waals surface area contributed by atoms with Crippen LogP contribution in [0, 0.1) is 11.7 Å². The van der Waals surface area contributed by atoms with Crippen LogP contribution in [0.1, 0.15) is 6.42 Å². The lowest BCUT2D eigenvalue weighted by molar-refractivity contribution is 0.441. The highest BCUT2D eigenvalue weighted by Gasteiger charge is 2.37. The fourth-order valence-electron chi connectivity index (χ4n) is 5.31. The maximum Gasteiger partial charge on any atom is 0.326 e. The van der Waals surface area contributed by atoms with E-state index in [0.29, 0.717) is 34.6 Å². The van der Waals surface area contributed by atoms with Crippen LogP contribution >= 0.6 is 0 Å². The number of hydrogen-bond acceptors (Lipinski definition) is 8. The molecule has 5 aromatic rings. The van der Waals surface area contributed by atoms with Gasteiger partial charge in [-0.15, -0.1) is 0 Å². The molecular formula is C24H22FN7O2. The summed E-state index contributed by atoms with van der Waals surface area (Å²) in [7, 11) is 1.77. The van der Waals surface area contributed by atoms with Crippen molar-refractivity contribution in [3.05, 3.63) is 42.5 Å². The van der Waals surface area contributed by atoms with Gasteiger partial charge in [-0.2, -0.15) is 9.97 Å². The third-order valence-corrected chi connectivity index (χ3v) is 6.90. The van der Waals surface area contributed by atoms with Crippen molar-refractivity contribution in [2.75, 3.05) is 36.9 Å². The number of aromatic nitrogens is 4. The highest BCUT2D eigenvalue weighted by Crippen LogP contribution is 2.39. The van der Waals surface area contributed by atoms with Crippen molar-refractivity contribution in [1.82, 2.24) is 25.3 Å². The molecule has 3 N–H and O–H groups in total. The van der Waals surface area contributed by atoms with Crippen LogP contribution in [0.3, 0.4) is 0 Å². The molecule has 2 unspecified atom stereocenters. The highest BCUT2D eigenvalue weighted by atomic mass is 19.1. The van der Waals surface area contributed by atoms with Gasteiger partial charge >= 0.3 is 6.01 Å². The Kier molecular flexibility index (Phi) is 4.19. The second kappa shape index (κ2) is 7.29. The SMILES string of the molecule is CNc1cc(F)cc2c1[nH]c1nc(Oc3cnc4ccoc4c3)nc(N3CC4CCNC4C3)c12. The smallest absolute Gasteiger partial charge is 0.326 e. The van der Waals surface area contributed by atoms with Gasteiger partial charge in [-0.3, -0.25) is 0 Å². The number of benzene rings is 1. The van der Waals surface area contributed by atoms with Crippen LogP contribution in [-0.4, -0.2) is 52.7 Å². The summed E-state index contributed by atoms with van der Waals surface area (Å²) in [5.74, 6) is 1.46. The molecule has 2 atom stereocenters. The van der Waals surface area contributed by atoms with Crippen molar-refractivity contribution < 1.29 is 13.5 Å². The normalized spacial score (nSPS) is 20.0. The minimum Gasteiger partial charge on any atom is -0.463 e. The Labute approximate surface area is 193 Å². The number of hydrogen-bond donors (Lipinski definition) is 3. The number of nitrogens with zero attached hydrogens (tertiary/aromatic N) is 4. The minimum absolute atomic E-state index is 0.193. The molecular weight excluding hydrogens is 437 g/mol. The number of nitrogens with one attached hydrogen (secondary N) is 3. The second-order valence-electron chi connectivity index (χ2n) is 8.90. The Morgan fingerprint density at radius 1 is 1.24 bits per heavy atom. The third-order valence-electron chi connectivity index (χ3n) is 6.90. The Morgan fingerprint density at radius 3 is 3.06 bits per heavy atom. The van der Waals surface area contributed by atoms with Crippen molar-refractivity contribution >= 4 is 44.5 Å². The molecule has 2 fully saturated rings. The summed E-state index contributed by atoms with van der Waals surface area (Å²) in [5.41, 5.74) is 3.40. The lowest BCUT2D eigenvalue weighted by Gasteiger charge is -2.20. The predicted molar refractivity (Wildman–Crippen MR) is 127 cm³/mol. The Hall–Kier alpha value is -3.92. The molecule has 172 valence electrons. The molecule has 0 aliphatic carbocycles. The number of fused-ring (bicyclic) bond motifs is 5. The van der Waals surface area contributed by atoms with E-state index in [1.807, 2.05) is 0 Å². The number of furan rings is 1. The number of aromatic amines is 1. The first-order chi connectivity index (χ1) is 16.7. The first kappa shape index (κ1) is 19.5. The zero-order valence-electron chi connectivity index (χ0n) is 18.4. The van der Waals surface area contributed by atoms with Gasteiger partial charge < -0.3 is 29.7 Å². The highest BCUT2D eigenvalue weighted by molar-refractivity contribution is 6.14. The summed E-state index contributed by atoms with van der Waals surface area (Å²) in [5, 5.41) is 8.18. The average molecular weight is 459 g/mol. The Morgan fingerprint density at radius 2 is 2.18 bits per heavy atom. The lowest BCUT2D eigenvalue weighted by atomic mass is 10.1. The van der Waals surface area contributed by atoms with E-state index in [1.54, 1.807) is 31.6 Å². The van der Waals surface area contributed by atoms with E-state index in [1.165, 1.54) is 12.1 Å². The van der Waals surface area contributed by atoms with E-state index >= 15 is 0 Å². The van der Waals surface area contributed by atoms with Gasteiger partial charge in [0, 0.05) is 43.7 Å². The topological polar surface area (TPSA) is 104 Å². The Balaban J connectivity index is 1.40. The summed E-state index contributed by atoms with van der Waals surface area (Å²) < 4.78 is 26.0. The summed E-state index contributed by atoms with van der Waals surface area (Å²) in [6.45, 7) is 2.75. The summed E-state index contributed by atoms with van der Waals surface area (Å²) in [6.07, 6.45) is 4.35. The minimum atomic E-state index is -0.318. The van der Waals surface area contributed by atoms with Crippen LogP contribution in [0.4, 0.5) is 15.9 Å². The number of rotatable bonds is 4. The monoisotopic (exact) mass is 459 g/mol. The van der Waals surface area contributed by atoms with Gasteiger partial charge in [-0.1, -0.05) is 0 Å². The molecule has 10 heteroatoms. The standard InChI is InChI=1S/C24H22FN7O2/c1-26-17-7-13(25)6-15-20-22(29-21(15)17)30-24(34-14-8-19-16(28-9-14)3-5-33-19)31-23(20)32-10-12-2-4-27-18(12)11-32/h3,5-9,12,18,26-27H,2,4,10-11H2,1H3,(H,29,30,31). The first-order valence-electron chi connectivity index (χ1n) is 11.4. The zero-order valence-corrected chi connectivity index (χ0v) is 18.4. The molecule has 0 radical (unpaired) electrons. The molecule has 0 spiro atoms. The number of ether oxygens (including phenoxy) is 1. The van der Waals surface area contributed by atoms with Crippen molar-refractivity contribution in [1.29, 1.82) is 0 Å². The van der Waals surface area contributed by atoms with Crippen molar-refractivity contribution in [3.8, 4) is 11.8 Å². The van der Waals surface area contributed by atoms with E-state index < -0.39 is 0 Å². The molecule has 4 aromatic heterocycles. The van der Waals surface area contributed by atoms with Crippen molar-refractivity contribution in [2.24, 2.45) is 5.92 Å². The van der Waals surface area contributed by atoms with Crippen LogP contribution in [0.2, 0.25) is 0 Å². The maximum absolute atomic E-state index is 14.5. The van der Waals surface area contributed by atoms with E-state index in [4.69, 9.17) is 14.1 Å². The molecule has 0 bridgehead atoms. The van der Waals surface area contributed by atoms with E-state index in [0.717, 1.165) is 53.7 Å². The molecule has 6 heterocycles. The van der Waals surface area contributed by atoms with Gasteiger partial charge in [0.15, 0.2) is 11.3 Å². The summed E-state index contributed by atoms with van der Waals surface area (Å²) in [4.78, 5) is 19.4. The van der Waals surface area contributed by atoms with Gasteiger partial charge in [0.1, 0.15) is 22.8 Å². The molecule has 7 rings (SSSR count). The average Bonchev–Trinajstić information content (AvgIpc) is 3.60. The fourth-order valence-corrected chi connectivity index (χ4v) is 5.31. The number of anilines is 2. The van der Waals surface area contributed by atoms with Gasteiger partial charge in [-0.25, -0.2) is 9.37 Å². The summed E-state index contributed by atoms with van der Waals surface area (Å²) in [6, 6.07) is 7.18. The second-order valence-corrected chi connectivity index (χ2v) is 8.90. The molecule has 0 amide bonds. The van der Waals surface area contributed by atoms with Crippen LogP contribution in [0.25, 0.3) is 33.0 Å². The number of H-pyrrole nitrogens is 1. The van der Waals surface area contributed by atoms with Gasteiger partial charge in [0.25, 0.3) is 0 Å². The molecule has 2 aliphatic rings. The molecule has 2 aliphatic heterocycles. The van der Waals surface area contributed by atoms with E-state index in [-0.39, 0.29) is 11.8 Å². The molecule has 0 saturated carbocycles. The van der Waals surface area contributed by atoms with E-state index in [2.05, 4.69) is 30.5 Å². The quantitative estimate of drug-likeness (QED) is 0.370. The molecule has 1 aromatic carbocycles. The van der Waals surface area contributed by atoms with Gasteiger partial charge in [-0.05, 0) is 31.0 Å². The van der Waals surface area contributed by atoms with E-state index in [9.17, 15) is 4.39 Å². The molecule has 2 saturated heterocycles. The molecule has 34 heavy (non-hydrogen) atoms. The third kappa shape index (κ3) is 2.98. The van der Waals surface area contributed by atoms with Crippen molar-refractivity contribution in [3.63, 3.8) is 0 Å². The van der Waals surface area contributed by atoms with Crippen LogP contribution < -0.4 is 20.3 Å². The maximum atomic E-state index is 14.5. The fraction of sp³-hybridized carbons (Fsp3) is 0.292. The van der Waals surface area contributed by atoms with Gasteiger partial charge in [0.05, 0.1) is 29.1 Å². The van der Waals surface area contributed by atoms with Crippen LogP contribution in [0.5, 0.6) is 11.8 Å². The number of halogens is 1. The predicted octanol–water partition coefficient (Wildman–Crippen LogP) is 4.02. The van der Waals surface area contributed by atoms with Gasteiger partial charge in [0.2, 0.25) is 0 Å². The number of pyridine rings is 1. The van der Waals surface area contributed by atoms with Crippen molar-refractivity contribution in [2.45, 2.75) is 12.5 Å². The molecule has 9 nitrogen and oxygen atoms in total. The zero-order chi connectivity index (χ0) is 22.8. The Bertz CT molecular complexity index is 1550. The summed E-state index contributed by atoms with van der Waals surface area (Å²) >= 11 is 0. The first-order valence-corrected chi connectivity index (χ1v) is 11.4. The van der Waals surface area contributed by atoms with Crippen LogP contribution in [0.15, 0.2) is 41.1 Å². The largest absolute Gasteiger partial charge is 0.463 e. The lowest BCUT2D eigenvalue weighted by Crippen LogP contribution is -2.30. The van der Waals surface area contributed by atoms with Crippen LogP contribution in [-0.2, 0) is 0 Å².